The normalized spacial score (nSPS) is 18.5. The summed E-state index contributed by atoms with van der Waals surface area (Å²) in [5.74, 6) is -1.55. The van der Waals surface area contributed by atoms with Crippen molar-refractivity contribution < 1.29 is 41.7 Å². The number of pyridine rings is 1. The van der Waals surface area contributed by atoms with Crippen molar-refractivity contribution in [2.24, 2.45) is 0 Å². The third-order valence-electron chi connectivity index (χ3n) is 8.39. The highest BCUT2D eigenvalue weighted by Gasteiger charge is 2.35. The second-order valence-corrected chi connectivity index (χ2v) is 12.8. The average molecular weight is 700 g/mol. The summed E-state index contributed by atoms with van der Waals surface area (Å²) < 4.78 is 64.4. The molecule has 2 fully saturated rings. The van der Waals surface area contributed by atoms with Gasteiger partial charge in [-0.2, -0.15) is 13.2 Å². The number of halogens is 4. The van der Waals surface area contributed by atoms with Crippen molar-refractivity contribution in [3.63, 3.8) is 0 Å². The lowest BCUT2D eigenvalue weighted by atomic mass is 9.91. The Kier molecular flexibility index (Phi) is 10.4. The van der Waals surface area contributed by atoms with Crippen LogP contribution in [0.3, 0.4) is 0 Å². The van der Waals surface area contributed by atoms with E-state index in [9.17, 15) is 32.3 Å². The quantitative estimate of drug-likeness (QED) is 0.177. The van der Waals surface area contributed by atoms with Gasteiger partial charge in [-0.1, -0.05) is 18.2 Å². The zero-order chi connectivity index (χ0) is 34.5. The van der Waals surface area contributed by atoms with E-state index in [-0.39, 0.29) is 35.0 Å². The van der Waals surface area contributed by atoms with Crippen LogP contribution in [0, 0.1) is 5.82 Å². The van der Waals surface area contributed by atoms with E-state index in [0.717, 1.165) is 47.4 Å². The van der Waals surface area contributed by atoms with Gasteiger partial charge in [-0.05, 0) is 72.7 Å². The average Bonchev–Trinajstić information content (AvgIpc) is 3.59. The number of alkyl halides is 3. The van der Waals surface area contributed by atoms with Crippen LogP contribution in [0.4, 0.5) is 17.6 Å². The highest BCUT2D eigenvalue weighted by atomic mass is 32.1. The van der Waals surface area contributed by atoms with Crippen LogP contribution in [0.25, 0.3) is 11.1 Å². The topological polar surface area (TPSA) is 126 Å². The SMILES string of the molecule is O=C(N[C@H]1CC[C@H](NC(=O)c2cc(F)cnc2Oc2cccc(-c3ccc(O)cc3CN3CCOCC3)c2)CC1)c1csc(C(F)(F)F)n1. The molecule has 0 radical (unpaired) electrons. The number of ether oxygens (including phenoxy) is 2. The molecule has 0 spiro atoms. The van der Waals surface area contributed by atoms with Gasteiger partial charge in [0, 0.05) is 37.1 Å². The van der Waals surface area contributed by atoms with E-state index in [4.69, 9.17) is 9.47 Å². The maximum absolute atomic E-state index is 14.3. The molecule has 2 aliphatic rings. The summed E-state index contributed by atoms with van der Waals surface area (Å²) in [6, 6.07) is 12.8. The zero-order valence-electron chi connectivity index (χ0n) is 26.1. The minimum atomic E-state index is -4.62. The smallest absolute Gasteiger partial charge is 0.443 e. The number of nitrogens with zero attached hydrogens (tertiary/aromatic N) is 3. The fraction of sp³-hybridized carbons (Fsp3) is 0.353. The Morgan fingerprint density at radius 1 is 1.00 bits per heavy atom. The molecule has 2 aromatic carbocycles. The number of amides is 2. The van der Waals surface area contributed by atoms with Crippen LogP contribution in [0.5, 0.6) is 17.4 Å². The molecule has 4 aromatic rings. The Morgan fingerprint density at radius 2 is 1.71 bits per heavy atom. The standard InChI is InChI=1S/C34H33F4N5O5S/c35-22-16-28(30(45)40-23-4-6-24(7-5-23)41-31(46)29-19-49-33(42-29)34(36,37)38)32(39-17-22)48-26-3-1-2-20(15-26)27-9-8-25(44)14-21(27)18-43-10-12-47-13-11-43/h1-3,8-9,14-17,19,23-24,44H,4-7,10-13,18H2,(H,40,45)(H,41,46)/t23-,24-. The molecule has 258 valence electrons. The highest BCUT2D eigenvalue weighted by molar-refractivity contribution is 7.10. The number of carbonyl (C=O) groups excluding carboxylic acids is 2. The van der Waals surface area contributed by atoms with Gasteiger partial charge < -0.3 is 25.2 Å². The minimum absolute atomic E-state index is 0.0854. The third kappa shape index (κ3) is 8.71. The number of carbonyl (C=O) groups is 2. The highest BCUT2D eigenvalue weighted by Crippen LogP contribution is 2.34. The first-order chi connectivity index (χ1) is 23.5. The van der Waals surface area contributed by atoms with E-state index < -0.39 is 28.8 Å². The van der Waals surface area contributed by atoms with E-state index in [1.807, 2.05) is 12.1 Å². The van der Waals surface area contributed by atoms with Crippen LogP contribution >= 0.6 is 11.3 Å². The van der Waals surface area contributed by atoms with Crippen molar-refractivity contribution in [3.05, 3.63) is 87.8 Å². The number of hydrogen-bond acceptors (Lipinski definition) is 9. The molecule has 0 bridgehead atoms. The molecule has 3 N–H and O–H groups in total. The summed E-state index contributed by atoms with van der Waals surface area (Å²) in [5, 5.41) is 15.8. The Labute approximate surface area is 283 Å². The Balaban J connectivity index is 1.09. The Morgan fingerprint density at radius 3 is 2.41 bits per heavy atom. The van der Waals surface area contributed by atoms with Crippen molar-refractivity contribution in [2.75, 3.05) is 26.3 Å². The fourth-order valence-electron chi connectivity index (χ4n) is 5.92. The van der Waals surface area contributed by atoms with E-state index in [2.05, 4.69) is 25.5 Å². The first-order valence-electron chi connectivity index (χ1n) is 15.7. The maximum atomic E-state index is 14.3. The van der Waals surface area contributed by atoms with E-state index in [1.165, 1.54) is 0 Å². The molecule has 0 atom stereocenters. The molecular formula is C34H33F4N5O5S. The third-order valence-corrected chi connectivity index (χ3v) is 9.27. The van der Waals surface area contributed by atoms with E-state index in [1.54, 1.807) is 30.3 Å². The number of phenols is 1. The maximum Gasteiger partial charge on any atom is 0.443 e. The van der Waals surface area contributed by atoms with Crippen molar-refractivity contribution in [3.8, 4) is 28.5 Å². The number of thiazole rings is 1. The summed E-state index contributed by atoms with van der Waals surface area (Å²) in [4.78, 5) is 35.5. The molecule has 1 aliphatic heterocycles. The van der Waals surface area contributed by atoms with Crippen LogP contribution in [0.1, 0.15) is 57.1 Å². The minimum Gasteiger partial charge on any atom is -0.508 e. The monoisotopic (exact) mass is 699 g/mol. The number of benzene rings is 2. The van der Waals surface area contributed by atoms with Gasteiger partial charge >= 0.3 is 6.18 Å². The van der Waals surface area contributed by atoms with Crippen LogP contribution < -0.4 is 15.4 Å². The van der Waals surface area contributed by atoms with Crippen molar-refractivity contribution in [1.29, 1.82) is 0 Å². The number of nitrogens with one attached hydrogen (secondary N) is 2. The van der Waals surface area contributed by atoms with Crippen LogP contribution in [0.15, 0.2) is 60.1 Å². The van der Waals surface area contributed by atoms with Gasteiger partial charge in [0.15, 0.2) is 5.01 Å². The molecule has 2 aromatic heterocycles. The van der Waals surface area contributed by atoms with Crippen LogP contribution in [-0.2, 0) is 17.5 Å². The lowest BCUT2D eigenvalue weighted by molar-refractivity contribution is -0.137. The van der Waals surface area contributed by atoms with Crippen molar-refractivity contribution in [2.45, 2.75) is 50.5 Å². The van der Waals surface area contributed by atoms with E-state index in [0.29, 0.717) is 62.5 Å². The Bertz CT molecular complexity index is 1810. The molecule has 10 nitrogen and oxygen atoms in total. The molecule has 15 heteroatoms. The molecule has 3 heterocycles. The van der Waals surface area contributed by atoms with Crippen molar-refractivity contribution in [1.82, 2.24) is 25.5 Å². The summed E-state index contributed by atoms with van der Waals surface area (Å²) in [6.07, 6.45) is -1.77. The number of aromatic hydroxyl groups is 1. The van der Waals surface area contributed by atoms with Crippen LogP contribution in [-0.4, -0.2) is 70.2 Å². The van der Waals surface area contributed by atoms with Gasteiger partial charge in [0.05, 0.1) is 19.4 Å². The number of rotatable bonds is 9. The zero-order valence-corrected chi connectivity index (χ0v) is 27.0. The van der Waals surface area contributed by atoms with Gasteiger partial charge in [0.1, 0.15) is 28.6 Å². The number of aromatic nitrogens is 2. The Hall–Kier alpha value is -4.60. The first-order valence-corrected chi connectivity index (χ1v) is 16.6. The summed E-state index contributed by atoms with van der Waals surface area (Å²) >= 11 is 0.361. The molecule has 2 amide bonds. The van der Waals surface area contributed by atoms with Gasteiger partial charge in [-0.3, -0.25) is 14.5 Å². The molecule has 1 saturated carbocycles. The second-order valence-electron chi connectivity index (χ2n) is 11.9. The van der Waals surface area contributed by atoms with E-state index >= 15 is 0 Å². The fourth-order valence-corrected chi connectivity index (χ4v) is 6.58. The molecular weight excluding hydrogens is 666 g/mol. The van der Waals surface area contributed by atoms with Crippen molar-refractivity contribution >= 4 is 23.2 Å². The first kappa shape index (κ1) is 34.3. The number of hydrogen-bond donors (Lipinski definition) is 3. The lowest BCUT2D eigenvalue weighted by Crippen LogP contribution is -2.44. The molecule has 0 unspecified atom stereocenters. The predicted octanol–water partition coefficient (Wildman–Crippen LogP) is 6.16. The molecule has 1 aliphatic carbocycles. The van der Waals surface area contributed by atoms with Gasteiger partial charge in [-0.25, -0.2) is 14.4 Å². The molecule has 1 saturated heterocycles. The molecule has 6 rings (SSSR count). The second kappa shape index (κ2) is 14.9. The van der Waals surface area contributed by atoms with Gasteiger partial charge in [0.25, 0.3) is 11.8 Å². The summed E-state index contributed by atoms with van der Waals surface area (Å²) in [7, 11) is 0. The van der Waals surface area contributed by atoms with Crippen LogP contribution in [0.2, 0.25) is 0 Å². The molecule has 49 heavy (non-hydrogen) atoms. The number of morpholine rings is 1. The summed E-state index contributed by atoms with van der Waals surface area (Å²) in [6.45, 7) is 3.45. The summed E-state index contributed by atoms with van der Waals surface area (Å²) in [5.41, 5.74) is 2.24. The number of phenolic OH excluding ortho intramolecular Hbond substituents is 1. The largest absolute Gasteiger partial charge is 0.508 e. The lowest BCUT2D eigenvalue weighted by Gasteiger charge is -2.29. The van der Waals surface area contributed by atoms with Gasteiger partial charge in [0.2, 0.25) is 5.88 Å². The van der Waals surface area contributed by atoms with Gasteiger partial charge in [-0.15, -0.1) is 11.3 Å². The predicted molar refractivity (Wildman–Crippen MR) is 172 cm³/mol.